The Morgan fingerprint density at radius 2 is 2.30 bits per heavy atom. The SMILES string of the molecule is O=C1C[C@H]2[C@H](Br)[C@@H](O)C[C@@H]12. The van der Waals surface area contributed by atoms with Gasteiger partial charge in [-0.25, -0.2) is 0 Å². The average molecular weight is 205 g/mol. The highest BCUT2D eigenvalue weighted by Gasteiger charge is 2.51. The molecule has 2 saturated carbocycles. The summed E-state index contributed by atoms with van der Waals surface area (Å²) in [6.45, 7) is 0. The Balaban J connectivity index is 2.13. The molecule has 2 fully saturated rings. The lowest BCUT2D eigenvalue weighted by atomic mass is 9.75. The Morgan fingerprint density at radius 3 is 2.70 bits per heavy atom. The van der Waals surface area contributed by atoms with Gasteiger partial charge in [-0.1, -0.05) is 15.9 Å². The van der Waals surface area contributed by atoms with Gasteiger partial charge >= 0.3 is 0 Å². The average Bonchev–Trinajstić information content (AvgIpc) is 2.12. The van der Waals surface area contributed by atoms with E-state index in [2.05, 4.69) is 15.9 Å². The maximum atomic E-state index is 10.9. The number of hydrogen-bond acceptors (Lipinski definition) is 2. The van der Waals surface area contributed by atoms with Gasteiger partial charge in [0.25, 0.3) is 0 Å². The molecule has 0 aromatic carbocycles. The van der Waals surface area contributed by atoms with Crippen molar-refractivity contribution >= 4 is 21.7 Å². The highest BCUT2D eigenvalue weighted by Crippen LogP contribution is 2.47. The lowest BCUT2D eigenvalue weighted by Gasteiger charge is -2.29. The molecule has 0 heterocycles. The van der Waals surface area contributed by atoms with E-state index in [0.717, 1.165) is 0 Å². The van der Waals surface area contributed by atoms with Crippen molar-refractivity contribution in [3.8, 4) is 0 Å². The molecule has 10 heavy (non-hydrogen) atoms. The second-order valence-corrected chi connectivity index (χ2v) is 4.25. The Bertz CT molecular complexity index is 180. The molecular weight excluding hydrogens is 196 g/mol. The van der Waals surface area contributed by atoms with Gasteiger partial charge in [-0.15, -0.1) is 0 Å². The number of alkyl halides is 1. The Hall–Kier alpha value is 0.110. The normalized spacial score (nSPS) is 52.4. The third kappa shape index (κ3) is 0.705. The van der Waals surface area contributed by atoms with E-state index in [1.165, 1.54) is 0 Å². The van der Waals surface area contributed by atoms with Crippen molar-refractivity contribution in [2.24, 2.45) is 11.8 Å². The van der Waals surface area contributed by atoms with Crippen molar-refractivity contribution in [3.63, 3.8) is 0 Å². The van der Waals surface area contributed by atoms with Crippen LogP contribution in [0.25, 0.3) is 0 Å². The molecule has 1 N–H and O–H groups in total. The molecule has 0 aromatic rings. The van der Waals surface area contributed by atoms with E-state index in [1.807, 2.05) is 0 Å². The number of rotatable bonds is 0. The number of carbonyl (C=O) groups excluding carboxylic acids is 1. The number of aliphatic hydroxyl groups excluding tert-OH is 1. The van der Waals surface area contributed by atoms with Crippen LogP contribution in [0.1, 0.15) is 12.8 Å². The number of aliphatic hydroxyl groups is 1. The summed E-state index contributed by atoms with van der Waals surface area (Å²) in [5, 5.41) is 9.30. The number of hydrogen-bond donors (Lipinski definition) is 1. The van der Waals surface area contributed by atoms with Gasteiger partial charge in [0.15, 0.2) is 0 Å². The quantitative estimate of drug-likeness (QED) is 0.591. The monoisotopic (exact) mass is 204 g/mol. The second kappa shape index (κ2) is 2.05. The van der Waals surface area contributed by atoms with Gasteiger partial charge in [-0.2, -0.15) is 0 Å². The molecule has 0 amide bonds. The minimum atomic E-state index is -0.290. The molecule has 3 heteroatoms. The molecule has 2 aliphatic rings. The third-order valence-corrected chi connectivity index (χ3v) is 3.93. The zero-order chi connectivity index (χ0) is 7.30. The van der Waals surface area contributed by atoms with Gasteiger partial charge in [-0.05, 0) is 12.3 Å². The van der Waals surface area contributed by atoms with Gasteiger partial charge in [0.05, 0.1) is 6.10 Å². The first-order chi connectivity index (χ1) is 4.70. The molecule has 0 aliphatic heterocycles. The highest BCUT2D eigenvalue weighted by atomic mass is 79.9. The van der Waals surface area contributed by atoms with E-state index < -0.39 is 0 Å². The van der Waals surface area contributed by atoms with Crippen molar-refractivity contribution in [3.05, 3.63) is 0 Å². The van der Waals surface area contributed by atoms with Crippen LogP contribution >= 0.6 is 15.9 Å². The number of ketones is 1. The van der Waals surface area contributed by atoms with Gasteiger partial charge < -0.3 is 5.11 Å². The minimum absolute atomic E-state index is 0.176. The van der Waals surface area contributed by atoms with Crippen LogP contribution in [0.15, 0.2) is 0 Å². The first kappa shape index (κ1) is 6.80. The molecule has 0 saturated heterocycles. The van der Waals surface area contributed by atoms with Gasteiger partial charge in [-0.3, -0.25) is 4.79 Å². The number of carbonyl (C=O) groups is 1. The summed E-state index contributed by atoms with van der Waals surface area (Å²) < 4.78 is 0. The van der Waals surface area contributed by atoms with E-state index in [4.69, 9.17) is 0 Å². The Kier molecular flexibility index (Phi) is 1.39. The Morgan fingerprint density at radius 1 is 1.60 bits per heavy atom. The third-order valence-electron chi connectivity index (χ3n) is 2.64. The summed E-state index contributed by atoms with van der Waals surface area (Å²) >= 11 is 3.39. The van der Waals surface area contributed by atoms with E-state index >= 15 is 0 Å². The lowest BCUT2D eigenvalue weighted by molar-refractivity contribution is -0.132. The van der Waals surface area contributed by atoms with Crippen LogP contribution < -0.4 is 0 Å². The van der Waals surface area contributed by atoms with Crippen LogP contribution in [0.5, 0.6) is 0 Å². The maximum Gasteiger partial charge on any atom is 0.136 e. The van der Waals surface area contributed by atoms with E-state index in [0.29, 0.717) is 24.5 Å². The summed E-state index contributed by atoms with van der Waals surface area (Å²) in [5.74, 6) is 0.952. The van der Waals surface area contributed by atoms with Gasteiger partial charge in [0.1, 0.15) is 5.78 Å². The number of fused-ring (bicyclic) bond motifs is 1. The molecule has 0 spiro atoms. The molecule has 56 valence electrons. The fourth-order valence-electron chi connectivity index (χ4n) is 1.92. The standard InChI is InChI=1S/C7H9BrO2/c8-7-4-2-5(9)3(4)1-6(7)10/h3-4,6-7,10H,1-2H2/t3-,4-,6+,7+/m1/s1. The first-order valence-corrected chi connectivity index (χ1v) is 4.46. The zero-order valence-electron chi connectivity index (χ0n) is 5.46. The van der Waals surface area contributed by atoms with Crippen molar-refractivity contribution in [1.82, 2.24) is 0 Å². The van der Waals surface area contributed by atoms with Crippen molar-refractivity contribution in [2.75, 3.05) is 0 Å². The molecule has 4 atom stereocenters. The summed E-state index contributed by atoms with van der Waals surface area (Å²) in [5.41, 5.74) is 0. The van der Waals surface area contributed by atoms with Gasteiger partial charge in [0.2, 0.25) is 0 Å². The van der Waals surface area contributed by atoms with E-state index in [9.17, 15) is 9.90 Å². The van der Waals surface area contributed by atoms with Crippen LogP contribution in [0.3, 0.4) is 0 Å². The topological polar surface area (TPSA) is 37.3 Å². The number of halogens is 1. The predicted molar refractivity (Wildman–Crippen MR) is 39.9 cm³/mol. The van der Waals surface area contributed by atoms with Crippen molar-refractivity contribution in [2.45, 2.75) is 23.8 Å². The zero-order valence-corrected chi connectivity index (χ0v) is 7.04. The molecule has 0 radical (unpaired) electrons. The fraction of sp³-hybridized carbons (Fsp3) is 0.857. The summed E-state index contributed by atoms with van der Waals surface area (Å²) in [6, 6.07) is 0. The highest BCUT2D eigenvalue weighted by molar-refractivity contribution is 9.09. The molecular formula is C7H9BrO2. The van der Waals surface area contributed by atoms with Crippen LogP contribution in [0.2, 0.25) is 0 Å². The van der Waals surface area contributed by atoms with Crippen LogP contribution in [-0.2, 0) is 4.79 Å². The minimum Gasteiger partial charge on any atom is -0.392 e. The first-order valence-electron chi connectivity index (χ1n) is 3.55. The summed E-state index contributed by atoms with van der Waals surface area (Å²) in [4.78, 5) is 11.0. The largest absolute Gasteiger partial charge is 0.392 e. The van der Waals surface area contributed by atoms with E-state index in [-0.39, 0.29) is 16.8 Å². The fourth-order valence-corrected chi connectivity index (χ4v) is 2.69. The summed E-state index contributed by atoms with van der Waals surface area (Å²) in [7, 11) is 0. The lowest BCUT2D eigenvalue weighted by Crippen LogP contribution is -2.36. The van der Waals surface area contributed by atoms with Crippen molar-refractivity contribution in [1.29, 1.82) is 0 Å². The predicted octanol–water partition coefficient (Wildman–Crippen LogP) is 0.720. The Labute approximate surface area is 67.7 Å². The van der Waals surface area contributed by atoms with Crippen molar-refractivity contribution < 1.29 is 9.90 Å². The molecule has 0 aromatic heterocycles. The van der Waals surface area contributed by atoms with Gasteiger partial charge in [0, 0.05) is 17.2 Å². The van der Waals surface area contributed by atoms with Crippen LogP contribution in [-0.4, -0.2) is 21.8 Å². The number of Topliss-reactive ketones (excluding diaryl/α,β-unsaturated/α-hetero) is 1. The van der Waals surface area contributed by atoms with Crippen LogP contribution in [0, 0.1) is 11.8 Å². The second-order valence-electron chi connectivity index (χ2n) is 3.19. The smallest absolute Gasteiger partial charge is 0.136 e. The van der Waals surface area contributed by atoms with E-state index in [1.54, 1.807) is 0 Å². The van der Waals surface area contributed by atoms with Crippen LogP contribution in [0.4, 0.5) is 0 Å². The molecule has 2 nitrogen and oxygen atoms in total. The summed E-state index contributed by atoms with van der Waals surface area (Å²) in [6.07, 6.45) is 1.07. The molecule has 0 bridgehead atoms. The molecule has 2 aliphatic carbocycles. The molecule has 2 rings (SSSR count). The molecule has 0 unspecified atom stereocenters. The maximum absolute atomic E-state index is 10.9.